The first-order valence-corrected chi connectivity index (χ1v) is 16.7. The first kappa shape index (κ1) is 35.5. The van der Waals surface area contributed by atoms with E-state index in [2.05, 4.69) is 13.8 Å². The van der Waals surface area contributed by atoms with Crippen LogP contribution < -0.4 is 0 Å². The van der Waals surface area contributed by atoms with Gasteiger partial charge in [0.2, 0.25) is 0 Å². The molecule has 0 unspecified atom stereocenters. The Morgan fingerprint density at radius 3 is 1.02 bits per heavy atom. The summed E-state index contributed by atoms with van der Waals surface area (Å²) in [7, 11) is 0. The van der Waals surface area contributed by atoms with Crippen LogP contribution in [0.3, 0.4) is 0 Å². The Kier molecular flexibility index (Phi) is 17.5. The van der Waals surface area contributed by atoms with E-state index in [1.54, 1.807) is 0 Å². The number of benzene rings is 2. The van der Waals surface area contributed by atoms with E-state index in [0.29, 0.717) is 11.1 Å². The van der Waals surface area contributed by atoms with E-state index in [0.717, 1.165) is 25.7 Å². The van der Waals surface area contributed by atoms with Crippen molar-refractivity contribution in [2.45, 2.75) is 135 Å². The van der Waals surface area contributed by atoms with Gasteiger partial charge in [0.25, 0.3) is 0 Å². The van der Waals surface area contributed by atoms with Gasteiger partial charge in [-0.25, -0.2) is 0 Å². The van der Waals surface area contributed by atoms with Gasteiger partial charge in [-0.15, -0.1) is 0 Å². The Labute approximate surface area is 251 Å². The molecule has 0 amide bonds. The molecule has 4 heteroatoms. The molecule has 0 aliphatic heterocycles. The van der Waals surface area contributed by atoms with Gasteiger partial charge >= 0.3 is 0 Å². The predicted molar refractivity (Wildman–Crippen MR) is 172 cm³/mol. The lowest BCUT2D eigenvalue weighted by atomic mass is 9.65. The number of aliphatic hydroxyl groups is 4. The van der Waals surface area contributed by atoms with Crippen LogP contribution in [0.4, 0.5) is 0 Å². The largest absolute Gasteiger partial charge is 0.395 e. The Bertz CT molecular complexity index is 830. The highest BCUT2D eigenvalue weighted by atomic mass is 16.3. The number of aryl methyl sites for hydroxylation is 2. The maximum atomic E-state index is 12.2. The highest BCUT2D eigenvalue weighted by molar-refractivity contribution is 5.41. The smallest absolute Gasteiger partial charge is 0.127 e. The molecule has 0 heterocycles. The van der Waals surface area contributed by atoms with Gasteiger partial charge in [-0.2, -0.15) is 0 Å². The highest BCUT2D eigenvalue weighted by Gasteiger charge is 2.52. The van der Waals surface area contributed by atoms with Crippen LogP contribution >= 0.6 is 0 Å². The molecule has 0 saturated heterocycles. The molecule has 0 atom stereocenters. The normalized spacial score (nSPS) is 12.2. The van der Waals surface area contributed by atoms with Crippen molar-refractivity contribution >= 4 is 0 Å². The molecule has 0 bridgehead atoms. The summed E-state index contributed by atoms with van der Waals surface area (Å²) in [6, 6.07) is 15.7. The Morgan fingerprint density at radius 2 is 0.732 bits per heavy atom. The molecule has 2 rings (SSSR count). The zero-order valence-corrected chi connectivity index (χ0v) is 26.3. The van der Waals surface area contributed by atoms with Crippen LogP contribution in [0.2, 0.25) is 0 Å². The third-order valence-electron chi connectivity index (χ3n) is 9.06. The second-order valence-electron chi connectivity index (χ2n) is 12.3. The van der Waals surface area contributed by atoms with Crippen molar-refractivity contribution in [1.29, 1.82) is 0 Å². The van der Waals surface area contributed by atoms with Gasteiger partial charge in [-0.1, -0.05) is 152 Å². The minimum absolute atomic E-state index is 0.545. The summed E-state index contributed by atoms with van der Waals surface area (Å²) in [6.07, 6.45) is 22.5. The summed E-state index contributed by atoms with van der Waals surface area (Å²) < 4.78 is 0. The topological polar surface area (TPSA) is 80.9 Å². The van der Waals surface area contributed by atoms with Gasteiger partial charge in [0.15, 0.2) is 0 Å². The van der Waals surface area contributed by atoms with Crippen molar-refractivity contribution in [2.24, 2.45) is 5.41 Å². The van der Waals surface area contributed by atoms with Crippen molar-refractivity contribution in [3.8, 4) is 0 Å². The average Bonchev–Trinajstić information content (AvgIpc) is 3.01. The summed E-state index contributed by atoms with van der Waals surface area (Å²) >= 11 is 0. The Hall–Kier alpha value is -1.72. The van der Waals surface area contributed by atoms with Crippen molar-refractivity contribution in [2.75, 3.05) is 19.8 Å². The van der Waals surface area contributed by atoms with E-state index in [1.165, 1.54) is 101 Å². The molecule has 0 radical (unpaired) electrons. The summed E-state index contributed by atoms with van der Waals surface area (Å²) in [5.74, 6) is 0. The molecule has 0 aromatic heterocycles. The average molecular weight is 569 g/mol. The van der Waals surface area contributed by atoms with Crippen LogP contribution in [-0.4, -0.2) is 40.2 Å². The van der Waals surface area contributed by atoms with Gasteiger partial charge in [-0.3, -0.25) is 0 Å². The molecule has 0 aliphatic carbocycles. The minimum atomic E-state index is -1.74. The predicted octanol–water partition coefficient (Wildman–Crippen LogP) is 8.25. The molecule has 0 spiro atoms. The highest BCUT2D eigenvalue weighted by Crippen LogP contribution is 2.45. The number of aliphatic hydroxyl groups excluding tert-OH is 3. The van der Waals surface area contributed by atoms with E-state index < -0.39 is 30.8 Å². The van der Waals surface area contributed by atoms with Crippen LogP contribution in [-0.2, 0) is 18.4 Å². The molecule has 232 valence electrons. The Balaban J connectivity index is 2.05. The quantitative estimate of drug-likeness (QED) is 0.0961. The van der Waals surface area contributed by atoms with Gasteiger partial charge < -0.3 is 20.4 Å². The molecule has 41 heavy (non-hydrogen) atoms. The van der Waals surface area contributed by atoms with Gasteiger partial charge in [0.1, 0.15) is 5.60 Å². The van der Waals surface area contributed by atoms with Crippen molar-refractivity contribution < 1.29 is 20.4 Å². The zero-order valence-electron chi connectivity index (χ0n) is 26.3. The standard InChI is InChI=1S/C37H60O4/c1-3-5-7-9-11-13-15-17-19-32-21-25-34(26-22-32)37(41,36(29-38,30-39)31-40)35-27-23-33(24-28-35)20-18-16-14-12-10-8-6-4-2/h21-28,38-41H,3-20,29-31H2,1-2H3. The molecule has 4 N–H and O–H groups in total. The van der Waals surface area contributed by atoms with Gasteiger partial charge in [0.05, 0.1) is 25.2 Å². The molecule has 2 aromatic carbocycles. The summed E-state index contributed by atoms with van der Waals surface area (Å²) in [5, 5.41) is 43.2. The lowest BCUT2D eigenvalue weighted by Gasteiger charge is -2.45. The van der Waals surface area contributed by atoms with Crippen LogP contribution in [0.1, 0.15) is 139 Å². The van der Waals surface area contributed by atoms with E-state index in [1.807, 2.05) is 48.5 Å². The second-order valence-corrected chi connectivity index (χ2v) is 12.3. The van der Waals surface area contributed by atoms with E-state index in [9.17, 15) is 20.4 Å². The number of unbranched alkanes of at least 4 members (excludes halogenated alkanes) is 14. The molecule has 4 nitrogen and oxygen atoms in total. The van der Waals surface area contributed by atoms with E-state index in [-0.39, 0.29) is 0 Å². The number of hydrogen-bond donors (Lipinski definition) is 4. The summed E-state index contributed by atoms with van der Waals surface area (Å²) in [4.78, 5) is 0. The zero-order chi connectivity index (χ0) is 29.8. The van der Waals surface area contributed by atoms with Gasteiger partial charge in [-0.05, 0) is 47.9 Å². The van der Waals surface area contributed by atoms with Gasteiger partial charge in [0, 0.05) is 0 Å². The molecule has 2 aromatic rings. The first-order chi connectivity index (χ1) is 20.0. The number of hydrogen-bond acceptors (Lipinski definition) is 4. The minimum Gasteiger partial charge on any atom is -0.395 e. The fourth-order valence-corrected chi connectivity index (χ4v) is 6.02. The van der Waals surface area contributed by atoms with Crippen LogP contribution in [0.25, 0.3) is 0 Å². The number of rotatable bonds is 24. The van der Waals surface area contributed by atoms with Crippen molar-refractivity contribution in [3.63, 3.8) is 0 Å². The monoisotopic (exact) mass is 568 g/mol. The fraction of sp³-hybridized carbons (Fsp3) is 0.676. The molecule has 0 saturated carbocycles. The Morgan fingerprint density at radius 1 is 0.439 bits per heavy atom. The third-order valence-corrected chi connectivity index (χ3v) is 9.06. The van der Waals surface area contributed by atoms with E-state index >= 15 is 0 Å². The molecule has 0 aliphatic rings. The lowest BCUT2D eigenvalue weighted by molar-refractivity contribution is -0.136. The third kappa shape index (κ3) is 10.8. The second kappa shape index (κ2) is 20.2. The SMILES string of the molecule is CCCCCCCCCCc1ccc(C(O)(c2ccc(CCCCCCCCCC)cc2)C(CO)(CO)CO)cc1. The maximum Gasteiger partial charge on any atom is 0.127 e. The summed E-state index contributed by atoms with van der Waals surface area (Å²) in [5.41, 5.74) is 0.316. The van der Waals surface area contributed by atoms with Crippen LogP contribution in [0, 0.1) is 5.41 Å². The van der Waals surface area contributed by atoms with Crippen LogP contribution in [0.15, 0.2) is 48.5 Å². The fourth-order valence-electron chi connectivity index (χ4n) is 6.02. The maximum absolute atomic E-state index is 12.2. The summed E-state index contributed by atoms with van der Waals surface area (Å²) in [6.45, 7) is 2.86. The lowest BCUT2D eigenvalue weighted by Crippen LogP contribution is -2.54. The molecule has 0 fully saturated rings. The molecular weight excluding hydrogens is 508 g/mol. The van der Waals surface area contributed by atoms with Crippen molar-refractivity contribution in [1.82, 2.24) is 0 Å². The van der Waals surface area contributed by atoms with E-state index in [4.69, 9.17) is 0 Å². The molecular formula is C37H60O4. The van der Waals surface area contributed by atoms with Crippen LogP contribution in [0.5, 0.6) is 0 Å². The first-order valence-electron chi connectivity index (χ1n) is 16.7. The van der Waals surface area contributed by atoms with Crippen molar-refractivity contribution in [3.05, 3.63) is 70.8 Å².